The molecule has 0 radical (unpaired) electrons. The van der Waals surface area contributed by atoms with Gasteiger partial charge >= 0.3 is 5.97 Å². The summed E-state index contributed by atoms with van der Waals surface area (Å²) in [6, 6.07) is 0. The lowest BCUT2D eigenvalue weighted by Crippen LogP contribution is -2.26. The Kier molecular flexibility index (Phi) is 2.74. The Morgan fingerprint density at radius 1 is 1.26 bits per heavy atom. The summed E-state index contributed by atoms with van der Waals surface area (Å²) in [5, 5.41) is 0. The average Bonchev–Trinajstić information content (AvgIpc) is 2.62. The van der Waals surface area contributed by atoms with E-state index in [0.717, 1.165) is 6.42 Å². The van der Waals surface area contributed by atoms with Crippen LogP contribution in [0, 0.1) is 11.3 Å². The first-order chi connectivity index (χ1) is 8.68. The summed E-state index contributed by atoms with van der Waals surface area (Å²) in [5.41, 5.74) is 0.219. The van der Waals surface area contributed by atoms with Gasteiger partial charge in [0.05, 0.1) is 24.7 Å². The highest BCUT2D eigenvalue weighted by Gasteiger charge is 2.77. The molecular formula is C14H24O4Si. The zero-order valence-electron chi connectivity index (χ0n) is 12.5. The predicted octanol–water partition coefficient (Wildman–Crippen LogP) is 2.41. The van der Waals surface area contributed by atoms with Gasteiger partial charge in [0.15, 0.2) is 5.79 Å². The van der Waals surface area contributed by atoms with Gasteiger partial charge in [0.2, 0.25) is 0 Å². The van der Waals surface area contributed by atoms with Crippen molar-refractivity contribution in [3.8, 4) is 0 Å². The molecule has 2 saturated heterocycles. The number of esters is 1. The number of hydrogen-bond acceptors (Lipinski definition) is 4. The topological polar surface area (TPSA) is 44.8 Å². The Bertz CT molecular complexity index is 414. The molecule has 4 atom stereocenters. The maximum atomic E-state index is 12.2. The molecule has 2 aliphatic heterocycles. The standard InChI is InChI=1S/C14H24O4Si/c1-13(2)17-8-9(18-13)10-11(19(3,4)5)14(10)6-7-16-12(14)15/h9-11H,6-8H2,1-5H3/t9-,10-,11-,14+/m1/s1. The van der Waals surface area contributed by atoms with Gasteiger partial charge in [-0.05, 0) is 25.8 Å². The van der Waals surface area contributed by atoms with E-state index in [2.05, 4.69) is 19.6 Å². The van der Waals surface area contributed by atoms with Crippen LogP contribution >= 0.6 is 0 Å². The zero-order chi connectivity index (χ0) is 14.1. The summed E-state index contributed by atoms with van der Waals surface area (Å²) in [5.74, 6) is -0.199. The average molecular weight is 284 g/mol. The van der Waals surface area contributed by atoms with Crippen molar-refractivity contribution in [2.45, 2.75) is 57.3 Å². The number of ether oxygens (including phenoxy) is 3. The van der Waals surface area contributed by atoms with E-state index in [4.69, 9.17) is 14.2 Å². The van der Waals surface area contributed by atoms with Crippen LogP contribution in [-0.4, -0.2) is 39.1 Å². The second-order valence-corrected chi connectivity index (χ2v) is 13.0. The molecule has 0 bridgehead atoms. The predicted molar refractivity (Wildman–Crippen MR) is 73.5 cm³/mol. The van der Waals surface area contributed by atoms with Crippen LogP contribution in [0.2, 0.25) is 25.2 Å². The monoisotopic (exact) mass is 284 g/mol. The van der Waals surface area contributed by atoms with Crippen LogP contribution in [0.3, 0.4) is 0 Å². The summed E-state index contributed by atoms with van der Waals surface area (Å²) < 4.78 is 17.0. The van der Waals surface area contributed by atoms with Crippen LogP contribution < -0.4 is 0 Å². The lowest BCUT2D eigenvalue weighted by atomic mass is 10.00. The molecule has 1 aliphatic carbocycles. The van der Waals surface area contributed by atoms with Crippen molar-refractivity contribution in [1.82, 2.24) is 0 Å². The van der Waals surface area contributed by atoms with Gasteiger partial charge in [-0.2, -0.15) is 0 Å². The van der Waals surface area contributed by atoms with Crippen molar-refractivity contribution in [2.75, 3.05) is 13.2 Å². The molecule has 1 spiro atoms. The fourth-order valence-corrected chi connectivity index (χ4v) is 7.85. The molecule has 108 valence electrons. The number of hydrogen-bond donors (Lipinski definition) is 0. The first-order valence-corrected chi connectivity index (χ1v) is 10.8. The highest BCUT2D eigenvalue weighted by atomic mass is 28.3. The number of cyclic esters (lactones) is 1. The van der Waals surface area contributed by atoms with Gasteiger partial charge < -0.3 is 14.2 Å². The van der Waals surface area contributed by atoms with Crippen molar-refractivity contribution in [2.24, 2.45) is 11.3 Å². The molecule has 0 amide bonds. The van der Waals surface area contributed by atoms with Crippen LogP contribution in [0.25, 0.3) is 0 Å². The minimum absolute atomic E-state index is 0.0123. The van der Waals surface area contributed by atoms with E-state index in [1.807, 2.05) is 13.8 Å². The molecule has 3 aliphatic rings. The zero-order valence-corrected chi connectivity index (χ0v) is 13.5. The minimum Gasteiger partial charge on any atom is -0.465 e. The van der Waals surface area contributed by atoms with Crippen molar-refractivity contribution in [1.29, 1.82) is 0 Å². The smallest absolute Gasteiger partial charge is 0.312 e. The second kappa shape index (κ2) is 3.83. The third-order valence-electron chi connectivity index (χ3n) is 4.89. The molecule has 19 heavy (non-hydrogen) atoms. The number of carbonyl (C=O) groups is 1. The highest BCUT2D eigenvalue weighted by molar-refractivity contribution is 6.79. The Balaban J connectivity index is 1.87. The SMILES string of the molecule is CC1(C)OC[C@H]([C@@H]2[C@@H]([Si](C)(C)C)[C@]23CCOC3=O)O1. The third-order valence-corrected chi connectivity index (χ3v) is 7.63. The van der Waals surface area contributed by atoms with E-state index in [1.165, 1.54) is 0 Å². The maximum Gasteiger partial charge on any atom is 0.312 e. The van der Waals surface area contributed by atoms with Gasteiger partial charge in [-0.3, -0.25) is 4.79 Å². The van der Waals surface area contributed by atoms with Gasteiger partial charge in [-0.15, -0.1) is 0 Å². The first-order valence-electron chi connectivity index (χ1n) is 7.17. The highest BCUT2D eigenvalue weighted by Crippen LogP contribution is 2.74. The van der Waals surface area contributed by atoms with Crippen molar-refractivity contribution >= 4 is 14.0 Å². The van der Waals surface area contributed by atoms with E-state index < -0.39 is 13.9 Å². The fraction of sp³-hybridized carbons (Fsp3) is 0.929. The molecule has 0 aromatic heterocycles. The summed E-state index contributed by atoms with van der Waals surface area (Å²) in [7, 11) is -1.42. The van der Waals surface area contributed by atoms with Gasteiger partial charge in [-0.25, -0.2) is 0 Å². The second-order valence-electron chi connectivity index (χ2n) is 7.66. The van der Waals surface area contributed by atoms with Crippen LogP contribution in [-0.2, 0) is 19.0 Å². The van der Waals surface area contributed by atoms with E-state index in [0.29, 0.717) is 24.7 Å². The molecule has 1 saturated carbocycles. The fourth-order valence-electron chi connectivity index (χ4n) is 4.35. The molecule has 0 N–H and O–H groups in total. The number of carbonyl (C=O) groups excluding carboxylic acids is 1. The van der Waals surface area contributed by atoms with Crippen LogP contribution in [0.4, 0.5) is 0 Å². The van der Waals surface area contributed by atoms with Crippen molar-refractivity contribution in [3.63, 3.8) is 0 Å². The van der Waals surface area contributed by atoms with Crippen LogP contribution in [0.1, 0.15) is 20.3 Å². The summed E-state index contributed by atoms with van der Waals surface area (Å²) in [6.45, 7) is 12.1. The summed E-state index contributed by atoms with van der Waals surface area (Å²) in [6.07, 6.45) is 0.920. The first kappa shape index (κ1) is 13.6. The van der Waals surface area contributed by atoms with Gasteiger partial charge in [0.25, 0.3) is 0 Å². The molecule has 0 aromatic carbocycles. The van der Waals surface area contributed by atoms with E-state index in [9.17, 15) is 4.79 Å². The van der Waals surface area contributed by atoms with E-state index in [-0.39, 0.29) is 17.5 Å². The van der Waals surface area contributed by atoms with Crippen LogP contribution in [0.5, 0.6) is 0 Å². The van der Waals surface area contributed by atoms with E-state index in [1.54, 1.807) is 0 Å². The van der Waals surface area contributed by atoms with Crippen molar-refractivity contribution < 1.29 is 19.0 Å². The van der Waals surface area contributed by atoms with Crippen LogP contribution in [0.15, 0.2) is 0 Å². The lowest BCUT2D eigenvalue weighted by molar-refractivity contribution is -0.148. The Morgan fingerprint density at radius 2 is 1.95 bits per heavy atom. The normalized spacial score (nSPS) is 44.7. The maximum absolute atomic E-state index is 12.2. The molecule has 3 fully saturated rings. The van der Waals surface area contributed by atoms with E-state index >= 15 is 0 Å². The summed E-state index contributed by atoms with van der Waals surface area (Å²) in [4.78, 5) is 12.2. The minimum atomic E-state index is -1.42. The number of rotatable bonds is 2. The Hall–Kier alpha value is -0.393. The van der Waals surface area contributed by atoms with Gasteiger partial charge in [-0.1, -0.05) is 19.6 Å². The summed E-state index contributed by atoms with van der Waals surface area (Å²) >= 11 is 0. The third kappa shape index (κ3) is 1.89. The molecule has 5 heteroatoms. The molecule has 0 unspecified atom stereocenters. The molecule has 3 rings (SSSR count). The lowest BCUT2D eigenvalue weighted by Gasteiger charge is -2.19. The van der Waals surface area contributed by atoms with Gasteiger partial charge in [0.1, 0.15) is 0 Å². The Labute approximate surface area is 115 Å². The molecule has 4 nitrogen and oxygen atoms in total. The van der Waals surface area contributed by atoms with Crippen molar-refractivity contribution in [3.05, 3.63) is 0 Å². The molecular weight excluding hydrogens is 260 g/mol. The van der Waals surface area contributed by atoms with Gasteiger partial charge in [0, 0.05) is 14.0 Å². The largest absolute Gasteiger partial charge is 0.465 e. The Morgan fingerprint density at radius 3 is 2.37 bits per heavy atom. The molecule has 0 aromatic rings. The quantitative estimate of drug-likeness (QED) is 0.577. The molecule has 2 heterocycles.